The minimum Gasteiger partial charge on any atom is -0.481 e. The minimum atomic E-state index is -2.26. The Kier molecular flexibility index (Phi) is 3.58. The molecule has 0 aromatic heterocycles. The fourth-order valence-corrected chi connectivity index (χ4v) is 0.816. The molecular formula is C7H12N2O4. The van der Waals surface area contributed by atoms with E-state index in [0.717, 1.165) is 0 Å². The van der Waals surface area contributed by atoms with Gasteiger partial charge >= 0.3 is 11.9 Å². The van der Waals surface area contributed by atoms with E-state index in [9.17, 15) is 9.59 Å². The summed E-state index contributed by atoms with van der Waals surface area (Å²) in [4.78, 5) is 21.1. The van der Waals surface area contributed by atoms with Gasteiger partial charge in [-0.25, -0.2) is 4.79 Å². The van der Waals surface area contributed by atoms with Crippen molar-refractivity contribution in [2.45, 2.75) is 12.1 Å². The topological polar surface area (TPSA) is 127 Å². The molecule has 0 heterocycles. The molecule has 74 valence electrons. The number of aliphatic carboxylic acids is 2. The minimum absolute atomic E-state index is 0.0887. The van der Waals surface area contributed by atoms with Crippen LogP contribution in [0, 0.1) is 5.92 Å². The first-order chi connectivity index (χ1) is 5.84. The molecule has 0 rings (SSSR count). The van der Waals surface area contributed by atoms with Crippen LogP contribution < -0.4 is 11.5 Å². The van der Waals surface area contributed by atoms with Crippen molar-refractivity contribution in [2.75, 3.05) is 0 Å². The summed E-state index contributed by atoms with van der Waals surface area (Å²) >= 11 is 0. The van der Waals surface area contributed by atoms with E-state index in [1.165, 1.54) is 6.08 Å². The number of allylic oxidation sites excluding steroid dienone is 1. The molecule has 1 atom stereocenters. The Hall–Kier alpha value is -1.40. The van der Waals surface area contributed by atoms with Gasteiger partial charge in [0.25, 0.3) is 0 Å². The molecule has 0 saturated heterocycles. The van der Waals surface area contributed by atoms with Crippen LogP contribution in [0.4, 0.5) is 0 Å². The van der Waals surface area contributed by atoms with Crippen molar-refractivity contribution in [3.63, 3.8) is 0 Å². The predicted molar refractivity (Wildman–Crippen MR) is 44.7 cm³/mol. The molecule has 0 radical (unpaired) electrons. The second-order valence-electron chi connectivity index (χ2n) is 2.65. The van der Waals surface area contributed by atoms with Gasteiger partial charge < -0.3 is 21.7 Å². The second kappa shape index (κ2) is 4.01. The highest BCUT2D eigenvalue weighted by Gasteiger charge is 2.42. The first-order valence-corrected chi connectivity index (χ1v) is 3.48. The number of hydrogen-bond donors (Lipinski definition) is 4. The lowest BCUT2D eigenvalue weighted by molar-refractivity contribution is -0.155. The van der Waals surface area contributed by atoms with Crippen LogP contribution in [-0.4, -0.2) is 27.8 Å². The van der Waals surface area contributed by atoms with E-state index >= 15 is 0 Å². The van der Waals surface area contributed by atoms with Crippen LogP contribution in [0.2, 0.25) is 0 Å². The van der Waals surface area contributed by atoms with Gasteiger partial charge in [-0.1, -0.05) is 6.08 Å². The Morgan fingerprint density at radius 3 is 2.15 bits per heavy atom. The smallest absolute Gasteiger partial charge is 0.339 e. The molecule has 6 nitrogen and oxygen atoms in total. The summed E-state index contributed by atoms with van der Waals surface area (Å²) in [5.41, 5.74) is 8.02. The van der Waals surface area contributed by atoms with Gasteiger partial charge in [0, 0.05) is 0 Å². The van der Waals surface area contributed by atoms with Gasteiger partial charge in [0.05, 0.1) is 0 Å². The Bertz CT molecular complexity index is 237. The zero-order chi connectivity index (χ0) is 10.6. The Balaban J connectivity index is 4.81. The van der Waals surface area contributed by atoms with Crippen LogP contribution in [0.15, 0.2) is 12.7 Å². The molecule has 0 aromatic carbocycles. The first-order valence-electron chi connectivity index (χ1n) is 3.48. The van der Waals surface area contributed by atoms with Crippen LogP contribution in [-0.2, 0) is 9.59 Å². The summed E-state index contributed by atoms with van der Waals surface area (Å²) in [5.74, 6) is -4.28. The van der Waals surface area contributed by atoms with Crippen molar-refractivity contribution in [1.29, 1.82) is 0 Å². The van der Waals surface area contributed by atoms with E-state index in [1.807, 2.05) is 0 Å². The molecule has 6 N–H and O–H groups in total. The molecule has 0 aliphatic rings. The zero-order valence-electron chi connectivity index (χ0n) is 6.93. The average Bonchev–Trinajstić information content (AvgIpc) is 1.98. The van der Waals surface area contributed by atoms with E-state index < -0.39 is 23.5 Å². The quantitative estimate of drug-likeness (QED) is 0.322. The summed E-state index contributed by atoms with van der Waals surface area (Å²) < 4.78 is 0. The van der Waals surface area contributed by atoms with E-state index in [1.54, 1.807) is 0 Å². The highest BCUT2D eigenvalue weighted by Crippen LogP contribution is 2.14. The van der Waals surface area contributed by atoms with Crippen molar-refractivity contribution in [2.24, 2.45) is 17.4 Å². The van der Waals surface area contributed by atoms with Gasteiger partial charge in [0.2, 0.25) is 0 Å². The van der Waals surface area contributed by atoms with Gasteiger partial charge in [0.1, 0.15) is 5.92 Å². The third-order valence-corrected chi connectivity index (χ3v) is 1.65. The maximum atomic E-state index is 10.6. The lowest BCUT2D eigenvalue weighted by atomic mass is 9.91. The van der Waals surface area contributed by atoms with E-state index in [-0.39, 0.29) is 6.42 Å². The number of rotatable bonds is 5. The summed E-state index contributed by atoms with van der Waals surface area (Å²) in [6, 6.07) is 0. The molecule has 0 bridgehead atoms. The molecule has 13 heavy (non-hydrogen) atoms. The summed E-state index contributed by atoms with van der Waals surface area (Å²) in [6.45, 7) is 3.29. The monoisotopic (exact) mass is 188 g/mol. The van der Waals surface area contributed by atoms with Gasteiger partial charge in [-0.2, -0.15) is 0 Å². The Morgan fingerprint density at radius 2 is 1.92 bits per heavy atom. The van der Waals surface area contributed by atoms with Crippen LogP contribution in [0.25, 0.3) is 0 Å². The summed E-state index contributed by atoms with van der Waals surface area (Å²) in [6.07, 6.45) is 1.17. The summed E-state index contributed by atoms with van der Waals surface area (Å²) in [7, 11) is 0. The van der Waals surface area contributed by atoms with Crippen LogP contribution >= 0.6 is 0 Å². The van der Waals surface area contributed by atoms with Crippen LogP contribution in [0.3, 0.4) is 0 Å². The molecule has 0 spiro atoms. The normalized spacial score (nSPS) is 13.4. The van der Waals surface area contributed by atoms with E-state index in [0.29, 0.717) is 0 Å². The van der Waals surface area contributed by atoms with Crippen LogP contribution in [0.5, 0.6) is 0 Å². The van der Waals surface area contributed by atoms with Gasteiger partial charge in [-0.15, -0.1) is 6.58 Å². The number of carboxylic acid groups (broad SMARTS) is 2. The molecule has 0 amide bonds. The lowest BCUT2D eigenvalue weighted by Gasteiger charge is -2.25. The number of carboxylic acids is 2. The summed E-state index contributed by atoms with van der Waals surface area (Å²) in [5, 5.41) is 17.2. The maximum absolute atomic E-state index is 10.6. The number of carbonyl (C=O) groups is 2. The van der Waals surface area contributed by atoms with Crippen molar-refractivity contribution in [3.8, 4) is 0 Å². The standard InChI is InChI=1S/C7H12N2O4/c1-2-3-4(5(10)11)7(8,9)6(12)13/h2,4H,1,3,8-9H2,(H,10,11)(H,12,13). The fraction of sp³-hybridized carbons (Fsp3) is 0.429. The molecule has 0 aliphatic carbocycles. The van der Waals surface area contributed by atoms with Crippen molar-refractivity contribution in [3.05, 3.63) is 12.7 Å². The third-order valence-electron chi connectivity index (χ3n) is 1.65. The van der Waals surface area contributed by atoms with Crippen molar-refractivity contribution >= 4 is 11.9 Å². The SMILES string of the molecule is C=CCC(C(=O)O)C(N)(N)C(=O)O. The number of nitrogens with two attached hydrogens (primary N) is 2. The first kappa shape index (κ1) is 11.6. The van der Waals surface area contributed by atoms with Gasteiger partial charge in [-0.05, 0) is 6.42 Å². The lowest BCUT2D eigenvalue weighted by Crippen LogP contribution is -2.63. The average molecular weight is 188 g/mol. The van der Waals surface area contributed by atoms with E-state index in [4.69, 9.17) is 21.7 Å². The second-order valence-corrected chi connectivity index (χ2v) is 2.65. The zero-order valence-corrected chi connectivity index (χ0v) is 6.93. The molecule has 6 heteroatoms. The largest absolute Gasteiger partial charge is 0.481 e. The van der Waals surface area contributed by atoms with Crippen molar-refractivity contribution < 1.29 is 19.8 Å². The third kappa shape index (κ3) is 2.53. The highest BCUT2D eigenvalue weighted by atomic mass is 16.4. The molecule has 0 aromatic rings. The molecule has 0 aliphatic heterocycles. The molecule has 0 fully saturated rings. The predicted octanol–water partition coefficient (Wildman–Crippen LogP) is -1.04. The Labute approximate surface area is 74.8 Å². The van der Waals surface area contributed by atoms with E-state index in [2.05, 4.69) is 6.58 Å². The molecule has 1 unspecified atom stereocenters. The van der Waals surface area contributed by atoms with Crippen LogP contribution in [0.1, 0.15) is 6.42 Å². The molecule has 0 saturated carbocycles. The molecular weight excluding hydrogens is 176 g/mol. The van der Waals surface area contributed by atoms with Gasteiger partial charge in [0.15, 0.2) is 5.66 Å². The highest BCUT2D eigenvalue weighted by molar-refractivity contribution is 5.86. The maximum Gasteiger partial charge on any atom is 0.339 e. The Morgan fingerprint density at radius 1 is 1.46 bits per heavy atom. The fourth-order valence-electron chi connectivity index (χ4n) is 0.816. The van der Waals surface area contributed by atoms with Gasteiger partial charge in [-0.3, -0.25) is 4.79 Å². The van der Waals surface area contributed by atoms with Crippen molar-refractivity contribution in [1.82, 2.24) is 0 Å². The number of hydrogen-bond acceptors (Lipinski definition) is 4.